The average molecular weight is 351 g/mol. The van der Waals surface area contributed by atoms with E-state index in [-0.39, 0.29) is 10.1 Å². The van der Waals surface area contributed by atoms with Gasteiger partial charge in [-0.25, -0.2) is 0 Å². The number of carbonyl (C=O) groups excluding carboxylic acids is 1. The van der Waals surface area contributed by atoms with E-state index in [9.17, 15) is 9.90 Å². The van der Waals surface area contributed by atoms with Crippen LogP contribution < -0.4 is 19.3 Å². The Hall–Kier alpha value is -2.68. The first-order chi connectivity index (χ1) is 11.5. The Morgan fingerprint density at radius 3 is 2.21 bits per heavy atom. The average Bonchev–Trinajstić information content (AvgIpc) is 2.98. The van der Waals surface area contributed by atoms with E-state index in [0.717, 1.165) is 11.8 Å². The first-order valence-corrected chi connectivity index (χ1v) is 7.51. The fourth-order valence-electron chi connectivity index (χ4n) is 1.85. The van der Waals surface area contributed by atoms with Gasteiger partial charge < -0.3 is 28.5 Å². The maximum absolute atomic E-state index is 11.4. The normalized spacial score (nSPS) is 11.2. The first-order valence-electron chi connectivity index (χ1n) is 6.69. The minimum Gasteiger partial charge on any atom is -0.544 e. The highest BCUT2D eigenvalue weighted by Gasteiger charge is 2.15. The van der Waals surface area contributed by atoms with E-state index in [0.29, 0.717) is 28.7 Å². The maximum Gasteiger partial charge on any atom is 0.281 e. The number of ether oxygens (including phenoxy) is 3. The highest BCUT2D eigenvalue weighted by molar-refractivity contribution is 8.03. The number of methoxy groups -OCH3 is 3. The number of nitrogens with zero attached hydrogens (tertiary/aromatic N) is 2. The van der Waals surface area contributed by atoms with Crippen molar-refractivity contribution < 1.29 is 28.5 Å². The van der Waals surface area contributed by atoms with Crippen LogP contribution >= 0.6 is 11.8 Å². The summed E-state index contributed by atoms with van der Waals surface area (Å²) < 4.78 is 20.9. The first kappa shape index (κ1) is 17.7. The molecule has 1 heterocycles. The molecule has 0 amide bonds. The highest BCUT2D eigenvalue weighted by Crippen LogP contribution is 2.37. The molecule has 0 aliphatic carbocycles. The van der Waals surface area contributed by atoms with Gasteiger partial charge in [0.25, 0.3) is 5.22 Å². The molecule has 0 fully saturated rings. The molecular formula is C15H15N2O6S-. The molecule has 0 unspecified atom stereocenters. The topological polar surface area (TPSA) is 107 Å². The Balaban J connectivity index is 2.50. The van der Waals surface area contributed by atoms with Crippen molar-refractivity contribution in [2.45, 2.75) is 12.1 Å². The molecule has 0 atom stereocenters. The lowest BCUT2D eigenvalue weighted by atomic mass is 10.1. The van der Waals surface area contributed by atoms with E-state index >= 15 is 0 Å². The van der Waals surface area contributed by atoms with Gasteiger partial charge in [0.15, 0.2) is 0 Å². The molecule has 0 bridgehead atoms. The number of benzene rings is 1. The number of aryl methyl sites for hydroxylation is 1. The van der Waals surface area contributed by atoms with Crippen LogP contribution in [0, 0.1) is 6.92 Å². The number of aliphatic carboxylic acids is 1. The Kier molecular flexibility index (Phi) is 5.69. The number of carbonyl (C=O) groups is 1. The van der Waals surface area contributed by atoms with Crippen LogP contribution in [0.5, 0.6) is 17.2 Å². The summed E-state index contributed by atoms with van der Waals surface area (Å²) in [6, 6.07) is 3.23. The number of aromatic nitrogens is 2. The monoisotopic (exact) mass is 351 g/mol. The lowest BCUT2D eigenvalue weighted by Crippen LogP contribution is -2.23. The summed E-state index contributed by atoms with van der Waals surface area (Å²) in [6.07, 6.45) is 1.36. The molecule has 8 nitrogen and oxygen atoms in total. The standard InChI is InChI=1S/C15H16N2O6S/c1-8-16-17-15(23-8)24-13(14(18)19)7-10-11(21-3)5-9(20-2)6-12(10)22-4/h5-7H,1-4H3,(H,18,19)/p-1/b13-7-. The molecule has 24 heavy (non-hydrogen) atoms. The second-order valence-electron chi connectivity index (χ2n) is 4.43. The van der Waals surface area contributed by atoms with Gasteiger partial charge in [0, 0.05) is 24.0 Å². The van der Waals surface area contributed by atoms with Crippen LogP contribution in [0.1, 0.15) is 11.5 Å². The Morgan fingerprint density at radius 2 is 1.79 bits per heavy atom. The number of hydrogen-bond donors (Lipinski definition) is 0. The zero-order chi connectivity index (χ0) is 17.7. The Bertz CT molecular complexity index is 746. The van der Waals surface area contributed by atoms with Crippen molar-refractivity contribution in [3.63, 3.8) is 0 Å². The van der Waals surface area contributed by atoms with Gasteiger partial charge in [-0.05, 0) is 17.8 Å². The molecule has 2 rings (SSSR count). The SMILES string of the molecule is COc1cc(OC)c(/C=C(\Sc2nnc(C)o2)C(=O)[O-])c(OC)c1. The van der Waals surface area contributed by atoms with E-state index in [1.54, 1.807) is 19.1 Å². The predicted molar refractivity (Wildman–Crippen MR) is 84.0 cm³/mol. The molecular weight excluding hydrogens is 336 g/mol. The fourth-order valence-corrected chi connectivity index (χ4v) is 2.54. The molecule has 0 radical (unpaired) electrons. The van der Waals surface area contributed by atoms with Gasteiger partial charge in [0.1, 0.15) is 17.2 Å². The van der Waals surface area contributed by atoms with Crippen molar-refractivity contribution >= 4 is 23.8 Å². The molecule has 9 heteroatoms. The third-order valence-corrected chi connectivity index (χ3v) is 3.78. The maximum atomic E-state index is 11.4. The molecule has 1 aromatic heterocycles. The third kappa shape index (κ3) is 3.99. The van der Waals surface area contributed by atoms with Gasteiger partial charge in [0.2, 0.25) is 5.89 Å². The number of carboxylic acids is 1. The molecule has 128 valence electrons. The predicted octanol–water partition coefficient (Wildman–Crippen LogP) is 1.29. The molecule has 0 saturated carbocycles. The van der Waals surface area contributed by atoms with Crippen LogP contribution in [0.2, 0.25) is 0 Å². The van der Waals surface area contributed by atoms with Gasteiger partial charge >= 0.3 is 0 Å². The van der Waals surface area contributed by atoms with E-state index in [2.05, 4.69) is 10.2 Å². The Labute approximate surface area is 142 Å². The fraction of sp³-hybridized carbons (Fsp3) is 0.267. The summed E-state index contributed by atoms with van der Waals surface area (Å²) in [5.41, 5.74) is 0.420. The number of rotatable bonds is 7. The lowest BCUT2D eigenvalue weighted by molar-refractivity contribution is -0.298. The number of hydrogen-bond acceptors (Lipinski definition) is 9. The zero-order valence-corrected chi connectivity index (χ0v) is 14.3. The molecule has 0 spiro atoms. The lowest BCUT2D eigenvalue weighted by Gasteiger charge is -2.14. The van der Waals surface area contributed by atoms with Crippen molar-refractivity contribution in [3.05, 3.63) is 28.5 Å². The van der Waals surface area contributed by atoms with E-state index in [4.69, 9.17) is 18.6 Å². The highest BCUT2D eigenvalue weighted by atomic mass is 32.2. The van der Waals surface area contributed by atoms with E-state index < -0.39 is 5.97 Å². The zero-order valence-electron chi connectivity index (χ0n) is 13.5. The van der Waals surface area contributed by atoms with Crippen LogP contribution in [0.15, 0.2) is 26.7 Å². The summed E-state index contributed by atoms with van der Waals surface area (Å²) in [7, 11) is 4.42. The second kappa shape index (κ2) is 7.73. The summed E-state index contributed by atoms with van der Waals surface area (Å²) in [5.74, 6) is 0.209. The third-order valence-electron chi connectivity index (χ3n) is 2.93. The molecule has 0 aliphatic heterocycles. The van der Waals surface area contributed by atoms with Gasteiger partial charge in [-0.2, -0.15) is 0 Å². The summed E-state index contributed by atoms with van der Waals surface area (Å²) in [6.45, 7) is 1.61. The Morgan fingerprint density at radius 1 is 1.17 bits per heavy atom. The largest absolute Gasteiger partial charge is 0.544 e. The minimum atomic E-state index is -1.39. The van der Waals surface area contributed by atoms with Crippen molar-refractivity contribution in [1.29, 1.82) is 0 Å². The van der Waals surface area contributed by atoms with Gasteiger partial charge in [-0.15, -0.1) is 10.2 Å². The van der Waals surface area contributed by atoms with E-state index in [1.165, 1.54) is 27.4 Å². The summed E-state index contributed by atoms with van der Waals surface area (Å²) >= 11 is 0.777. The van der Waals surface area contributed by atoms with Crippen LogP contribution in [-0.2, 0) is 4.79 Å². The molecule has 2 aromatic rings. The van der Waals surface area contributed by atoms with Gasteiger partial charge in [0.05, 0.1) is 32.9 Å². The smallest absolute Gasteiger partial charge is 0.281 e. The number of carboxylic acid groups (broad SMARTS) is 1. The van der Waals surface area contributed by atoms with E-state index in [1.807, 2.05) is 0 Å². The molecule has 0 saturated heterocycles. The van der Waals surface area contributed by atoms with Crippen LogP contribution in [-0.4, -0.2) is 37.5 Å². The summed E-state index contributed by atoms with van der Waals surface area (Å²) in [4.78, 5) is 11.3. The molecule has 1 aromatic carbocycles. The van der Waals surface area contributed by atoms with Crippen LogP contribution in [0.4, 0.5) is 0 Å². The van der Waals surface area contributed by atoms with Crippen LogP contribution in [0.25, 0.3) is 6.08 Å². The quantitative estimate of drug-likeness (QED) is 0.538. The van der Waals surface area contributed by atoms with Crippen LogP contribution in [0.3, 0.4) is 0 Å². The van der Waals surface area contributed by atoms with Crippen molar-refractivity contribution in [1.82, 2.24) is 10.2 Å². The second-order valence-corrected chi connectivity index (χ2v) is 5.42. The van der Waals surface area contributed by atoms with Crippen molar-refractivity contribution in [3.8, 4) is 17.2 Å². The van der Waals surface area contributed by atoms with Gasteiger partial charge in [-0.3, -0.25) is 0 Å². The van der Waals surface area contributed by atoms with Crippen molar-refractivity contribution in [2.75, 3.05) is 21.3 Å². The van der Waals surface area contributed by atoms with Gasteiger partial charge in [-0.1, -0.05) is 0 Å². The number of thioether (sulfide) groups is 1. The molecule has 0 aliphatic rings. The summed E-state index contributed by atoms with van der Waals surface area (Å²) in [5, 5.41) is 18.9. The van der Waals surface area contributed by atoms with Crippen molar-refractivity contribution in [2.24, 2.45) is 0 Å². The molecule has 0 N–H and O–H groups in total. The minimum absolute atomic E-state index is 0.0920.